The minimum absolute atomic E-state index is 0.0883. The summed E-state index contributed by atoms with van der Waals surface area (Å²) in [4.78, 5) is 32.4. The maximum Gasteiger partial charge on any atom is 0.332 e. The first-order chi connectivity index (χ1) is 16.1. The van der Waals surface area contributed by atoms with Crippen molar-refractivity contribution in [3.05, 3.63) is 70.1 Å². The van der Waals surface area contributed by atoms with E-state index in [9.17, 15) is 9.59 Å². The molecule has 0 aromatic heterocycles. The van der Waals surface area contributed by atoms with Gasteiger partial charge in [0.2, 0.25) is 5.91 Å². The van der Waals surface area contributed by atoms with Gasteiger partial charge in [-0.1, -0.05) is 30.7 Å². The van der Waals surface area contributed by atoms with E-state index in [1.807, 2.05) is 48.2 Å². The van der Waals surface area contributed by atoms with Gasteiger partial charge in [0.15, 0.2) is 0 Å². The smallest absolute Gasteiger partial charge is 0.332 e. The summed E-state index contributed by atoms with van der Waals surface area (Å²) in [6, 6.07) is 15.2. The summed E-state index contributed by atoms with van der Waals surface area (Å²) >= 11 is 1.76. The molecule has 172 valence electrons. The first-order valence-corrected chi connectivity index (χ1v) is 12.8. The highest BCUT2D eigenvalue weighted by Gasteiger charge is 2.52. The Morgan fingerprint density at radius 1 is 1.00 bits per heavy atom. The lowest BCUT2D eigenvalue weighted by molar-refractivity contribution is -0.122. The van der Waals surface area contributed by atoms with E-state index >= 15 is 0 Å². The van der Waals surface area contributed by atoms with Gasteiger partial charge in [-0.15, -0.1) is 11.8 Å². The average molecular weight is 463 g/mol. The fourth-order valence-corrected chi connectivity index (χ4v) is 6.78. The van der Waals surface area contributed by atoms with Gasteiger partial charge in [0, 0.05) is 6.54 Å². The highest BCUT2D eigenvalue weighted by atomic mass is 32.2. The highest BCUT2D eigenvalue weighted by molar-refractivity contribution is 8.04. The Balaban J connectivity index is 1.54. The van der Waals surface area contributed by atoms with Crippen LogP contribution in [0.25, 0.3) is 0 Å². The molecule has 3 amide bonds. The van der Waals surface area contributed by atoms with Gasteiger partial charge in [-0.3, -0.25) is 4.79 Å². The predicted molar refractivity (Wildman–Crippen MR) is 132 cm³/mol. The van der Waals surface area contributed by atoms with E-state index in [4.69, 9.17) is 4.74 Å². The second kappa shape index (κ2) is 9.26. The van der Waals surface area contributed by atoms with Crippen molar-refractivity contribution >= 4 is 29.4 Å². The van der Waals surface area contributed by atoms with Crippen LogP contribution in [0.4, 0.5) is 10.5 Å². The standard InChI is InChI=1S/C27H30N2O3S/c1-3-32-21-15-13-20(14-16-21)29-25(30)24-22-11-5-4-6-12-23(22)33-26(24)28(27(29)31)17-19-10-8-7-9-18(19)2/h7-10,13-16,24,26H,3-6,11-12,17H2,1-2H3. The predicted octanol–water partition coefficient (Wildman–Crippen LogP) is 6.27. The fraction of sp³-hybridized carbons (Fsp3) is 0.407. The summed E-state index contributed by atoms with van der Waals surface area (Å²) in [5, 5.41) is -0.161. The van der Waals surface area contributed by atoms with Crippen LogP contribution in [0.2, 0.25) is 0 Å². The van der Waals surface area contributed by atoms with Crippen molar-refractivity contribution in [1.29, 1.82) is 0 Å². The molecule has 0 N–H and O–H groups in total. The van der Waals surface area contributed by atoms with Gasteiger partial charge in [0.05, 0.1) is 23.6 Å². The SMILES string of the molecule is CCOc1ccc(N2C(=O)C3C4=C(CCCCC4)SC3N(Cc3ccccc3C)C2=O)cc1. The Labute approximate surface area is 199 Å². The average Bonchev–Trinajstić information content (AvgIpc) is 3.02. The lowest BCUT2D eigenvalue weighted by atomic mass is 9.90. The molecule has 2 aromatic carbocycles. The van der Waals surface area contributed by atoms with Gasteiger partial charge in [0.1, 0.15) is 5.75 Å². The number of urea groups is 1. The van der Waals surface area contributed by atoms with E-state index in [0.29, 0.717) is 18.8 Å². The summed E-state index contributed by atoms with van der Waals surface area (Å²) < 4.78 is 5.56. The van der Waals surface area contributed by atoms with Gasteiger partial charge in [0.25, 0.3) is 0 Å². The van der Waals surface area contributed by atoms with E-state index in [1.165, 1.54) is 21.8 Å². The summed E-state index contributed by atoms with van der Waals surface area (Å²) in [6.07, 6.45) is 5.46. The third-order valence-corrected chi connectivity index (χ3v) is 8.39. The molecule has 0 saturated carbocycles. The lowest BCUT2D eigenvalue weighted by Crippen LogP contribution is -2.60. The van der Waals surface area contributed by atoms with Crippen molar-refractivity contribution in [1.82, 2.24) is 4.90 Å². The number of nitrogens with zero attached hydrogens (tertiary/aromatic N) is 2. The topological polar surface area (TPSA) is 49.9 Å². The number of benzene rings is 2. The zero-order valence-corrected chi connectivity index (χ0v) is 20.1. The van der Waals surface area contributed by atoms with Crippen LogP contribution < -0.4 is 9.64 Å². The largest absolute Gasteiger partial charge is 0.494 e. The molecule has 2 aromatic rings. The van der Waals surface area contributed by atoms with E-state index in [0.717, 1.165) is 42.6 Å². The Bertz CT molecular complexity index is 1090. The number of ether oxygens (including phenoxy) is 1. The van der Waals surface area contributed by atoms with Crippen molar-refractivity contribution in [2.45, 2.75) is 57.9 Å². The zero-order chi connectivity index (χ0) is 22.9. The Morgan fingerprint density at radius 2 is 1.76 bits per heavy atom. The number of rotatable bonds is 5. The molecule has 5 rings (SSSR count). The maximum atomic E-state index is 13.9. The molecule has 0 bridgehead atoms. The number of fused-ring (bicyclic) bond motifs is 2. The van der Waals surface area contributed by atoms with E-state index in [-0.39, 0.29) is 23.2 Å². The quantitative estimate of drug-likeness (QED) is 0.525. The molecule has 2 unspecified atom stereocenters. The Hall–Kier alpha value is -2.73. The van der Waals surface area contributed by atoms with E-state index in [1.54, 1.807) is 11.8 Å². The third kappa shape index (κ3) is 4.05. The van der Waals surface area contributed by atoms with Crippen molar-refractivity contribution in [2.24, 2.45) is 5.92 Å². The van der Waals surface area contributed by atoms with Gasteiger partial charge in [-0.25, -0.2) is 9.69 Å². The Morgan fingerprint density at radius 3 is 2.52 bits per heavy atom. The first kappa shape index (κ1) is 22.1. The van der Waals surface area contributed by atoms with Crippen LogP contribution in [-0.2, 0) is 11.3 Å². The van der Waals surface area contributed by atoms with Crippen LogP contribution in [0, 0.1) is 12.8 Å². The first-order valence-electron chi connectivity index (χ1n) is 11.9. The number of carbonyl (C=O) groups excluding carboxylic acids is 2. The molecule has 3 aliphatic rings. The summed E-state index contributed by atoms with van der Waals surface area (Å²) in [7, 11) is 0. The molecule has 2 atom stereocenters. The fourth-order valence-electron chi connectivity index (χ4n) is 5.14. The molecule has 2 heterocycles. The van der Waals surface area contributed by atoms with Gasteiger partial charge in [-0.05, 0) is 85.4 Å². The highest BCUT2D eigenvalue weighted by Crippen LogP contribution is 2.52. The van der Waals surface area contributed by atoms with Crippen molar-refractivity contribution in [2.75, 3.05) is 11.5 Å². The van der Waals surface area contributed by atoms with Gasteiger partial charge in [-0.2, -0.15) is 0 Å². The molecule has 1 fully saturated rings. The van der Waals surface area contributed by atoms with Crippen LogP contribution in [0.15, 0.2) is 59.0 Å². The number of hydrogen-bond donors (Lipinski definition) is 0. The molecule has 0 radical (unpaired) electrons. The molecule has 1 aliphatic carbocycles. The number of aryl methyl sites for hydroxylation is 1. The zero-order valence-electron chi connectivity index (χ0n) is 19.3. The molecule has 1 saturated heterocycles. The summed E-state index contributed by atoms with van der Waals surface area (Å²) in [6.45, 7) is 5.08. The third-order valence-electron chi connectivity index (χ3n) is 6.87. The molecule has 33 heavy (non-hydrogen) atoms. The monoisotopic (exact) mass is 462 g/mol. The second-order valence-corrected chi connectivity index (χ2v) is 10.1. The van der Waals surface area contributed by atoms with Crippen LogP contribution in [0.3, 0.4) is 0 Å². The summed E-state index contributed by atoms with van der Waals surface area (Å²) in [5.74, 6) is 0.379. The number of thioether (sulfide) groups is 1. The minimum atomic E-state index is -0.267. The second-order valence-electron chi connectivity index (χ2n) is 8.93. The minimum Gasteiger partial charge on any atom is -0.494 e. The van der Waals surface area contributed by atoms with E-state index < -0.39 is 0 Å². The van der Waals surface area contributed by atoms with Crippen molar-refractivity contribution in [3.8, 4) is 5.75 Å². The van der Waals surface area contributed by atoms with Gasteiger partial charge >= 0.3 is 6.03 Å². The van der Waals surface area contributed by atoms with E-state index in [2.05, 4.69) is 19.1 Å². The summed E-state index contributed by atoms with van der Waals surface area (Å²) in [5.41, 5.74) is 4.15. The van der Waals surface area contributed by atoms with Crippen molar-refractivity contribution < 1.29 is 14.3 Å². The van der Waals surface area contributed by atoms with Crippen molar-refractivity contribution in [3.63, 3.8) is 0 Å². The molecule has 0 spiro atoms. The molecular formula is C27H30N2O3S. The Kier molecular flexibility index (Phi) is 6.19. The number of allylic oxidation sites excluding steroid dienone is 1. The van der Waals surface area contributed by atoms with Crippen LogP contribution >= 0.6 is 11.8 Å². The number of carbonyl (C=O) groups is 2. The maximum absolute atomic E-state index is 13.9. The number of amides is 3. The molecule has 5 nitrogen and oxygen atoms in total. The van der Waals surface area contributed by atoms with Gasteiger partial charge < -0.3 is 9.64 Å². The van der Waals surface area contributed by atoms with Crippen LogP contribution in [0.1, 0.15) is 50.2 Å². The number of imide groups is 1. The molecular weight excluding hydrogens is 432 g/mol. The number of anilines is 1. The van der Waals surface area contributed by atoms with Crippen LogP contribution in [0.5, 0.6) is 5.75 Å². The molecule has 2 aliphatic heterocycles. The lowest BCUT2D eigenvalue weighted by Gasteiger charge is -2.42. The van der Waals surface area contributed by atoms with Crippen LogP contribution in [-0.4, -0.2) is 28.8 Å². The number of hydrogen-bond acceptors (Lipinski definition) is 4. The molecule has 6 heteroatoms. The normalized spacial score (nSPS) is 22.8.